The van der Waals surface area contributed by atoms with Crippen molar-refractivity contribution in [1.29, 1.82) is 0 Å². The monoisotopic (exact) mass is 253 g/mol. The normalized spacial score (nSPS) is 35.4. The molecule has 0 aromatic rings. The number of aliphatic hydroxyl groups is 1. The molecule has 2 rings (SSSR count). The van der Waals surface area contributed by atoms with E-state index in [4.69, 9.17) is 0 Å². The summed E-state index contributed by atoms with van der Waals surface area (Å²) in [6.45, 7) is 4.41. The first-order valence-electron chi connectivity index (χ1n) is 7.43. The van der Waals surface area contributed by atoms with E-state index in [1.807, 2.05) is 0 Å². The van der Waals surface area contributed by atoms with E-state index in [-0.39, 0.29) is 23.5 Å². The number of carbonyl (C=O) groups is 1. The number of hydrogen-bond acceptors (Lipinski definition) is 2. The number of rotatable bonds is 3. The van der Waals surface area contributed by atoms with E-state index in [0.717, 1.165) is 57.3 Å². The molecule has 0 unspecified atom stereocenters. The maximum atomic E-state index is 12.5. The second kappa shape index (κ2) is 5.20. The van der Waals surface area contributed by atoms with Crippen LogP contribution in [0.25, 0.3) is 0 Å². The maximum absolute atomic E-state index is 12.5. The molecule has 2 aliphatic rings. The lowest BCUT2D eigenvalue weighted by Crippen LogP contribution is -2.56. The zero-order valence-electron chi connectivity index (χ0n) is 11.8. The Kier molecular flexibility index (Phi) is 4.00. The van der Waals surface area contributed by atoms with Crippen molar-refractivity contribution < 1.29 is 9.90 Å². The summed E-state index contributed by atoms with van der Waals surface area (Å²) in [6, 6.07) is 0. The fourth-order valence-corrected chi connectivity index (χ4v) is 3.41. The lowest BCUT2D eigenvalue weighted by molar-refractivity contribution is -0.133. The lowest BCUT2D eigenvalue weighted by Gasteiger charge is -2.40. The third-order valence-corrected chi connectivity index (χ3v) is 5.17. The molecule has 0 saturated heterocycles. The van der Waals surface area contributed by atoms with Crippen molar-refractivity contribution >= 4 is 5.91 Å². The number of aliphatic hydroxyl groups excluding tert-OH is 1. The predicted molar refractivity (Wildman–Crippen MR) is 72.2 cm³/mol. The quantitative estimate of drug-likeness (QED) is 0.812. The summed E-state index contributed by atoms with van der Waals surface area (Å²) in [7, 11) is 0. The van der Waals surface area contributed by atoms with E-state index < -0.39 is 0 Å². The molecule has 0 aliphatic heterocycles. The number of amides is 1. The van der Waals surface area contributed by atoms with Crippen LogP contribution < -0.4 is 5.32 Å². The molecule has 0 heterocycles. The van der Waals surface area contributed by atoms with E-state index in [1.54, 1.807) is 0 Å². The van der Waals surface area contributed by atoms with Crippen LogP contribution in [0.5, 0.6) is 0 Å². The fraction of sp³-hybridized carbons (Fsp3) is 0.933. The Labute approximate surface area is 110 Å². The molecule has 2 fully saturated rings. The van der Waals surface area contributed by atoms with Gasteiger partial charge >= 0.3 is 0 Å². The summed E-state index contributed by atoms with van der Waals surface area (Å²) < 4.78 is 0. The first-order chi connectivity index (χ1) is 8.50. The molecule has 0 bridgehead atoms. The van der Waals surface area contributed by atoms with E-state index in [1.165, 1.54) is 0 Å². The molecule has 18 heavy (non-hydrogen) atoms. The highest BCUT2D eigenvalue weighted by Gasteiger charge is 2.42. The van der Waals surface area contributed by atoms with Crippen molar-refractivity contribution in [2.45, 2.75) is 70.8 Å². The van der Waals surface area contributed by atoms with Gasteiger partial charge in [-0.1, -0.05) is 26.7 Å². The molecule has 0 atom stereocenters. The summed E-state index contributed by atoms with van der Waals surface area (Å²) in [5.74, 6) is 0.896. The Hall–Kier alpha value is -0.570. The molecule has 3 heteroatoms. The Bertz CT molecular complexity index is 300. The molecule has 2 aliphatic carbocycles. The third kappa shape index (κ3) is 2.71. The minimum absolute atomic E-state index is 0.0849. The topological polar surface area (TPSA) is 49.3 Å². The first-order valence-corrected chi connectivity index (χ1v) is 7.43. The van der Waals surface area contributed by atoms with Crippen LogP contribution in [0.3, 0.4) is 0 Å². The van der Waals surface area contributed by atoms with Crippen molar-refractivity contribution in [2.24, 2.45) is 11.3 Å². The standard InChI is InChI=1S/C15H27NO2/c1-12-5-9-15(11-17,10-6-12)16-13(18)14(2)7-3-4-8-14/h12,17H,3-11H2,1-2H3,(H,16,18). The van der Waals surface area contributed by atoms with Gasteiger partial charge < -0.3 is 10.4 Å². The van der Waals surface area contributed by atoms with Crippen molar-refractivity contribution in [3.8, 4) is 0 Å². The fourth-order valence-electron chi connectivity index (χ4n) is 3.41. The van der Waals surface area contributed by atoms with Crippen molar-refractivity contribution in [2.75, 3.05) is 6.61 Å². The summed E-state index contributed by atoms with van der Waals surface area (Å²) in [6.07, 6.45) is 8.38. The van der Waals surface area contributed by atoms with E-state index >= 15 is 0 Å². The SMILES string of the molecule is CC1CCC(CO)(NC(=O)C2(C)CCCC2)CC1. The van der Waals surface area contributed by atoms with Gasteiger partial charge in [0.15, 0.2) is 0 Å². The van der Waals surface area contributed by atoms with Gasteiger partial charge in [0.1, 0.15) is 0 Å². The van der Waals surface area contributed by atoms with Gasteiger partial charge in [-0.05, 0) is 44.4 Å². The molecule has 104 valence electrons. The smallest absolute Gasteiger partial charge is 0.226 e. The molecule has 0 aromatic heterocycles. The zero-order chi connectivity index (χ0) is 13.2. The van der Waals surface area contributed by atoms with Gasteiger partial charge in [0.2, 0.25) is 5.91 Å². The van der Waals surface area contributed by atoms with Gasteiger partial charge in [-0.15, -0.1) is 0 Å². The highest BCUT2D eigenvalue weighted by molar-refractivity contribution is 5.83. The second-order valence-electron chi connectivity index (χ2n) is 6.84. The molecular formula is C15H27NO2. The van der Waals surface area contributed by atoms with Gasteiger partial charge in [0, 0.05) is 5.41 Å². The maximum Gasteiger partial charge on any atom is 0.226 e. The molecule has 3 nitrogen and oxygen atoms in total. The van der Waals surface area contributed by atoms with Crippen LogP contribution in [0.4, 0.5) is 0 Å². The van der Waals surface area contributed by atoms with Gasteiger partial charge in [-0.25, -0.2) is 0 Å². The first kappa shape index (κ1) is 13.9. The minimum atomic E-state index is -0.338. The average Bonchev–Trinajstić information content (AvgIpc) is 2.81. The van der Waals surface area contributed by atoms with Crippen LogP contribution >= 0.6 is 0 Å². The van der Waals surface area contributed by atoms with Crippen LogP contribution in [-0.4, -0.2) is 23.2 Å². The van der Waals surface area contributed by atoms with E-state index in [0.29, 0.717) is 0 Å². The summed E-state index contributed by atoms with van der Waals surface area (Å²) >= 11 is 0. The molecule has 2 N–H and O–H groups in total. The largest absolute Gasteiger partial charge is 0.394 e. The molecule has 0 aromatic carbocycles. The summed E-state index contributed by atoms with van der Waals surface area (Å²) in [5.41, 5.74) is -0.527. The number of nitrogens with one attached hydrogen (secondary N) is 1. The van der Waals surface area contributed by atoms with Gasteiger partial charge in [0.25, 0.3) is 0 Å². The highest BCUT2D eigenvalue weighted by atomic mass is 16.3. The van der Waals surface area contributed by atoms with Crippen molar-refractivity contribution in [1.82, 2.24) is 5.32 Å². The van der Waals surface area contributed by atoms with Crippen LogP contribution in [-0.2, 0) is 4.79 Å². The Morgan fingerprint density at radius 2 is 1.78 bits per heavy atom. The molecule has 0 spiro atoms. The summed E-state index contributed by atoms with van der Waals surface area (Å²) in [4.78, 5) is 12.5. The lowest BCUT2D eigenvalue weighted by atomic mass is 9.76. The zero-order valence-corrected chi connectivity index (χ0v) is 11.8. The van der Waals surface area contributed by atoms with Gasteiger partial charge in [-0.2, -0.15) is 0 Å². The van der Waals surface area contributed by atoms with E-state index in [2.05, 4.69) is 19.2 Å². The number of carbonyl (C=O) groups excluding carboxylic acids is 1. The third-order valence-electron chi connectivity index (χ3n) is 5.17. The number of hydrogen-bond donors (Lipinski definition) is 2. The minimum Gasteiger partial charge on any atom is -0.394 e. The predicted octanol–water partition coefficient (Wildman–Crippen LogP) is 2.62. The summed E-state index contributed by atoms with van der Waals surface area (Å²) in [5, 5.41) is 12.9. The van der Waals surface area contributed by atoms with Crippen LogP contribution in [0.1, 0.15) is 65.2 Å². The van der Waals surface area contributed by atoms with Gasteiger partial charge in [0.05, 0.1) is 12.1 Å². The second-order valence-corrected chi connectivity index (χ2v) is 6.84. The highest BCUT2D eigenvalue weighted by Crippen LogP contribution is 2.39. The van der Waals surface area contributed by atoms with Crippen molar-refractivity contribution in [3.63, 3.8) is 0 Å². The molecule has 2 saturated carbocycles. The Morgan fingerprint density at radius 1 is 1.22 bits per heavy atom. The Balaban J connectivity index is 1.99. The molecular weight excluding hydrogens is 226 g/mol. The molecule has 1 amide bonds. The average molecular weight is 253 g/mol. The van der Waals surface area contributed by atoms with Crippen LogP contribution in [0, 0.1) is 11.3 Å². The van der Waals surface area contributed by atoms with Gasteiger partial charge in [-0.3, -0.25) is 4.79 Å². The Morgan fingerprint density at radius 3 is 2.28 bits per heavy atom. The van der Waals surface area contributed by atoms with Crippen LogP contribution in [0.2, 0.25) is 0 Å². The van der Waals surface area contributed by atoms with Crippen molar-refractivity contribution in [3.05, 3.63) is 0 Å². The van der Waals surface area contributed by atoms with Crippen LogP contribution in [0.15, 0.2) is 0 Å². The van der Waals surface area contributed by atoms with E-state index in [9.17, 15) is 9.90 Å². The molecule has 0 radical (unpaired) electrons.